The summed E-state index contributed by atoms with van der Waals surface area (Å²) in [5.74, 6) is -0.0383. The Hall–Kier alpha value is -1.39. The second-order valence-electron chi connectivity index (χ2n) is 5.18. The maximum atomic E-state index is 12.0. The summed E-state index contributed by atoms with van der Waals surface area (Å²) in [6.07, 6.45) is 1.10. The number of aryl methyl sites for hydroxylation is 1. The van der Waals surface area contributed by atoms with Gasteiger partial charge in [0.15, 0.2) is 0 Å². The Bertz CT molecular complexity index is 430. The van der Waals surface area contributed by atoms with Gasteiger partial charge in [-0.25, -0.2) is 0 Å². The molecule has 1 amide bonds. The summed E-state index contributed by atoms with van der Waals surface area (Å²) < 4.78 is 0. The molecule has 3 N–H and O–H groups in total. The maximum Gasteiger partial charge on any atom is 0.237 e. The van der Waals surface area contributed by atoms with E-state index in [2.05, 4.69) is 41.8 Å². The molecule has 0 bridgehead atoms. The lowest BCUT2D eigenvalue weighted by molar-refractivity contribution is -0.123. The van der Waals surface area contributed by atoms with Gasteiger partial charge in [-0.15, -0.1) is 0 Å². The summed E-state index contributed by atoms with van der Waals surface area (Å²) in [5, 5.41) is 15.4. The van der Waals surface area contributed by atoms with Gasteiger partial charge in [-0.05, 0) is 30.9 Å². The summed E-state index contributed by atoms with van der Waals surface area (Å²) in [5.41, 5.74) is 2.40. The van der Waals surface area contributed by atoms with Crippen molar-refractivity contribution in [3.05, 3.63) is 35.4 Å². The largest absolute Gasteiger partial charge is 0.392 e. The average molecular weight is 262 g/mol. The zero-order valence-electron chi connectivity index (χ0n) is 11.5. The molecule has 1 aliphatic rings. The monoisotopic (exact) mass is 262 g/mol. The fourth-order valence-electron chi connectivity index (χ4n) is 2.36. The van der Waals surface area contributed by atoms with Gasteiger partial charge in [0.1, 0.15) is 0 Å². The van der Waals surface area contributed by atoms with E-state index >= 15 is 0 Å². The van der Waals surface area contributed by atoms with E-state index in [1.54, 1.807) is 0 Å². The van der Waals surface area contributed by atoms with Gasteiger partial charge in [0, 0.05) is 6.54 Å². The minimum atomic E-state index is -0.408. The lowest BCUT2D eigenvalue weighted by Crippen LogP contribution is -2.41. The predicted octanol–water partition coefficient (Wildman–Crippen LogP) is 1.15. The Morgan fingerprint density at radius 2 is 2.16 bits per heavy atom. The smallest absolute Gasteiger partial charge is 0.237 e. The van der Waals surface area contributed by atoms with Crippen LogP contribution in [0, 0.1) is 0 Å². The highest BCUT2D eigenvalue weighted by Gasteiger charge is 2.28. The number of amides is 1. The van der Waals surface area contributed by atoms with Crippen molar-refractivity contribution >= 4 is 5.91 Å². The van der Waals surface area contributed by atoms with Crippen molar-refractivity contribution in [2.24, 2.45) is 0 Å². The molecule has 1 aromatic carbocycles. The van der Waals surface area contributed by atoms with Crippen LogP contribution in [0.5, 0.6) is 0 Å². The number of rotatable bonds is 4. The number of carbonyl (C=O) groups excluding carboxylic acids is 1. The van der Waals surface area contributed by atoms with Gasteiger partial charge >= 0.3 is 0 Å². The van der Waals surface area contributed by atoms with Gasteiger partial charge in [-0.2, -0.15) is 0 Å². The third kappa shape index (κ3) is 3.55. The molecule has 1 saturated heterocycles. The molecule has 0 spiro atoms. The highest BCUT2D eigenvalue weighted by molar-refractivity contribution is 5.82. The molecule has 1 heterocycles. The second kappa shape index (κ2) is 6.17. The van der Waals surface area contributed by atoms with Gasteiger partial charge in [0.05, 0.1) is 18.2 Å². The average Bonchev–Trinajstić information content (AvgIpc) is 2.85. The van der Waals surface area contributed by atoms with E-state index in [4.69, 9.17) is 0 Å². The van der Waals surface area contributed by atoms with Gasteiger partial charge in [-0.1, -0.05) is 31.2 Å². The summed E-state index contributed by atoms with van der Waals surface area (Å²) in [4.78, 5) is 12.0. The van der Waals surface area contributed by atoms with Crippen LogP contribution >= 0.6 is 0 Å². The SMILES string of the molecule is CCc1ccc([C@H](C)NC(=O)[C@@H]2C[C@H](O)CN2)cc1. The van der Waals surface area contributed by atoms with Crippen molar-refractivity contribution < 1.29 is 9.90 Å². The number of β-amino-alcohol motifs (C(OH)–C–C–N with tert-alkyl or cyclic N) is 1. The summed E-state index contributed by atoms with van der Waals surface area (Å²) in [6, 6.07) is 8.01. The quantitative estimate of drug-likeness (QED) is 0.763. The molecule has 19 heavy (non-hydrogen) atoms. The van der Waals surface area contributed by atoms with Crippen LogP contribution in [0.4, 0.5) is 0 Å². The Kier molecular flexibility index (Phi) is 4.56. The van der Waals surface area contributed by atoms with Crippen LogP contribution in [0.2, 0.25) is 0 Å². The lowest BCUT2D eigenvalue weighted by Gasteiger charge is -2.17. The van der Waals surface area contributed by atoms with Gasteiger partial charge in [0.2, 0.25) is 5.91 Å². The number of aliphatic hydroxyl groups excluding tert-OH is 1. The Labute approximate surface area is 114 Å². The van der Waals surface area contributed by atoms with Crippen molar-refractivity contribution in [2.45, 2.75) is 44.9 Å². The van der Waals surface area contributed by atoms with Crippen LogP contribution < -0.4 is 10.6 Å². The molecule has 104 valence electrons. The van der Waals surface area contributed by atoms with Gasteiger partial charge in [-0.3, -0.25) is 4.79 Å². The zero-order chi connectivity index (χ0) is 13.8. The first-order chi connectivity index (χ1) is 9.10. The third-order valence-electron chi connectivity index (χ3n) is 3.67. The molecule has 1 aromatic rings. The molecule has 2 rings (SSSR count). The standard InChI is InChI=1S/C15H22N2O2/c1-3-11-4-6-12(7-5-11)10(2)17-15(19)14-8-13(18)9-16-14/h4-7,10,13-14,16,18H,3,8-9H2,1-2H3,(H,17,19)/t10-,13-,14-/m0/s1. The summed E-state index contributed by atoms with van der Waals surface area (Å²) in [7, 11) is 0. The first kappa shape index (κ1) is 14.0. The molecule has 0 saturated carbocycles. The summed E-state index contributed by atoms with van der Waals surface area (Å²) in [6.45, 7) is 4.60. The second-order valence-corrected chi connectivity index (χ2v) is 5.18. The fraction of sp³-hybridized carbons (Fsp3) is 0.533. The molecular weight excluding hydrogens is 240 g/mol. The first-order valence-electron chi connectivity index (χ1n) is 6.90. The number of carbonyl (C=O) groups is 1. The van der Waals surface area contributed by atoms with Crippen molar-refractivity contribution in [3.63, 3.8) is 0 Å². The molecule has 0 aromatic heterocycles. The lowest BCUT2D eigenvalue weighted by atomic mass is 10.0. The van der Waals surface area contributed by atoms with Gasteiger partial charge < -0.3 is 15.7 Å². The predicted molar refractivity (Wildman–Crippen MR) is 74.8 cm³/mol. The Balaban J connectivity index is 1.92. The minimum absolute atomic E-state index is 0.0158. The van der Waals surface area contributed by atoms with E-state index in [0.717, 1.165) is 12.0 Å². The van der Waals surface area contributed by atoms with Gasteiger partial charge in [0.25, 0.3) is 0 Å². The van der Waals surface area contributed by atoms with Crippen molar-refractivity contribution in [1.29, 1.82) is 0 Å². The van der Waals surface area contributed by atoms with Crippen LogP contribution in [0.15, 0.2) is 24.3 Å². The topological polar surface area (TPSA) is 61.4 Å². The summed E-state index contributed by atoms with van der Waals surface area (Å²) >= 11 is 0. The highest BCUT2D eigenvalue weighted by atomic mass is 16.3. The molecule has 1 fully saturated rings. The van der Waals surface area contributed by atoms with Crippen LogP contribution in [-0.4, -0.2) is 29.7 Å². The Morgan fingerprint density at radius 1 is 1.47 bits per heavy atom. The molecule has 1 aliphatic heterocycles. The van der Waals surface area contributed by atoms with Crippen molar-refractivity contribution in [2.75, 3.05) is 6.54 Å². The highest BCUT2D eigenvalue weighted by Crippen LogP contribution is 2.15. The van der Waals surface area contributed by atoms with E-state index in [1.807, 2.05) is 6.92 Å². The van der Waals surface area contributed by atoms with E-state index in [-0.39, 0.29) is 18.0 Å². The molecule has 4 nitrogen and oxygen atoms in total. The number of hydrogen-bond acceptors (Lipinski definition) is 3. The number of hydrogen-bond donors (Lipinski definition) is 3. The molecule has 0 radical (unpaired) electrons. The first-order valence-corrected chi connectivity index (χ1v) is 6.90. The normalized spacial score (nSPS) is 24.2. The van der Waals surface area contributed by atoms with E-state index < -0.39 is 6.10 Å². The van der Waals surface area contributed by atoms with Crippen LogP contribution in [0.3, 0.4) is 0 Å². The van der Waals surface area contributed by atoms with Crippen LogP contribution in [0.25, 0.3) is 0 Å². The molecular formula is C15H22N2O2. The number of benzene rings is 1. The minimum Gasteiger partial charge on any atom is -0.392 e. The van der Waals surface area contributed by atoms with Crippen LogP contribution in [0.1, 0.15) is 37.4 Å². The zero-order valence-corrected chi connectivity index (χ0v) is 11.5. The maximum absolute atomic E-state index is 12.0. The molecule has 4 heteroatoms. The molecule has 0 aliphatic carbocycles. The Morgan fingerprint density at radius 3 is 2.68 bits per heavy atom. The number of nitrogens with one attached hydrogen (secondary N) is 2. The van der Waals surface area contributed by atoms with Crippen LogP contribution in [-0.2, 0) is 11.2 Å². The van der Waals surface area contributed by atoms with E-state index in [1.165, 1.54) is 5.56 Å². The molecule has 3 atom stereocenters. The molecule has 0 unspecified atom stereocenters. The van der Waals surface area contributed by atoms with Crippen molar-refractivity contribution in [1.82, 2.24) is 10.6 Å². The number of aliphatic hydroxyl groups is 1. The third-order valence-corrected chi connectivity index (χ3v) is 3.67. The van der Waals surface area contributed by atoms with E-state index in [0.29, 0.717) is 13.0 Å². The van der Waals surface area contributed by atoms with E-state index in [9.17, 15) is 9.90 Å². The fourth-order valence-corrected chi connectivity index (χ4v) is 2.36. The van der Waals surface area contributed by atoms with Crippen molar-refractivity contribution in [3.8, 4) is 0 Å².